The lowest BCUT2D eigenvalue weighted by molar-refractivity contribution is 0.0946. The summed E-state index contributed by atoms with van der Waals surface area (Å²) in [6.07, 6.45) is 0. The molecule has 1 aromatic heterocycles. The third-order valence-corrected chi connectivity index (χ3v) is 5.00. The maximum Gasteiger partial charge on any atom is 0.352 e. The van der Waals surface area contributed by atoms with Crippen molar-refractivity contribution in [3.63, 3.8) is 0 Å². The average molecular weight is 413 g/mol. The molecule has 0 saturated heterocycles. The van der Waals surface area contributed by atoms with Gasteiger partial charge in [0.15, 0.2) is 0 Å². The molecule has 1 heterocycles. The van der Waals surface area contributed by atoms with Crippen molar-refractivity contribution in [1.29, 1.82) is 0 Å². The number of aryl methyl sites for hydroxylation is 2. The first-order chi connectivity index (χ1) is 13.8. The molecule has 0 aliphatic rings. The molecule has 3 rings (SSSR count). The van der Waals surface area contributed by atoms with E-state index in [2.05, 4.69) is 10.4 Å². The number of aromatic nitrogens is 3. The van der Waals surface area contributed by atoms with Crippen molar-refractivity contribution in [3.05, 3.63) is 90.7 Å². The molecule has 1 amide bonds. The van der Waals surface area contributed by atoms with Gasteiger partial charge >= 0.3 is 5.69 Å². The van der Waals surface area contributed by atoms with E-state index < -0.39 is 17.2 Å². The number of rotatable bonds is 5. The molecule has 0 aliphatic heterocycles. The smallest absolute Gasteiger partial charge is 0.351 e. The Morgan fingerprint density at radius 2 is 1.83 bits per heavy atom. The van der Waals surface area contributed by atoms with Gasteiger partial charge in [-0.25, -0.2) is 4.79 Å². The summed E-state index contributed by atoms with van der Waals surface area (Å²) in [4.78, 5) is 38.5. The summed E-state index contributed by atoms with van der Waals surface area (Å²) >= 11 is 6.21. The SMILES string of the molecule is CCNC(=O)c1nn(-c2ccc(C)c(C)c2)c(=O)n(Cc2ccccc2Cl)c1=O. The van der Waals surface area contributed by atoms with Gasteiger partial charge in [0.2, 0.25) is 5.69 Å². The maximum atomic E-state index is 13.1. The first-order valence-electron chi connectivity index (χ1n) is 9.17. The fraction of sp³-hybridized carbons (Fsp3) is 0.238. The van der Waals surface area contributed by atoms with Crippen LogP contribution in [-0.4, -0.2) is 26.8 Å². The van der Waals surface area contributed by atoms with Crippen LogP contribution in [0.25, 0.3) is 5.69 Å². The van der Waals surface area contributed by atoms with Crippen LogP contribution >= 0.6 is 11.6 Å². The fourth-order valence-electron chi connectivity index (χ4n) is 2.86. The third kappa shape index (κ3) is 4.14. The van der Waals surface area contributed by atoms with Gasteiger partial charge in [-0.2, -0.15) is 9.78 Å². The van der Waals surface area contributed by atoms with Gasteiger partial charge in [0.25, 0.3) is 11.5 Å². The molecule has 3 aromatic rings. The Bertz CT molecular complexity index is 1200. The largest absolute Gasteiger partial charge is 0.352 e. The van der Waals surface area contributed by atoms with E-state index in [4.69, 9.17) is 11.6 Å². The first kappa shape index (κ1) is 20.5. The summed E-state index contributed by atoms with van der Waals surface area (Å²) in [5, 5.41) is 7.07. The molecule has 150 valence electrons. The van der Waals surface area contributed by atoms with Gasteiger partial charge in [-0.3, -0.25) is 14.2 Å². The lowest BCUT2D eigenvalue weighted by Crippen LogP contribution is -2.46. The monoisotopic (exact) mass is 412 g/mol. The molecular weight excluding hydrogens is 392 g/mol. The number of amides is 1. The molecule has 0 saturated carbocycles. The molecule has 0 spiro atoms. The van der Waals surface area contributed by atoms with Crippen LogP contribution in [-0.2, 0) is 6.54 Å². The molecule has 0 aliphatic carbocycles. The number of carbonyl (C=O) groups is 1. The van der Waals surface area contributed by atoms with Crippen LogP contribution in [0.5, 0.6) is 0 Å². The van der Waals surface area contributed by atoms with E-state index in [0.29, 0.717) is 22.8 Å². The molecule has 1 N–H and O–H groups in total. The van der Waals surface area contributed by atoms with Crippen molar-refractivity contribution in [3.8, 4) is 5.69 Å². The van der Waals surface area contributed by atoms with Crippen molar-refractivity contribution >= 4 is 17.5 Å². The maximum absolute atomic E-state index is 13.1. The Morgan fingerprint density at radius 3 is 2.48 bits per heavy atom. The minimum Gasteiger partial charge on any atom is -0.351 e. The van der Waals surface area contributed by atoms with Gasteiger partial charge in [0.1, 0.15) is 0 Å². The van der Waals surface area contributed by atoms with E-state index in [-0.39, 0.29) is 12.2 Å². The summed E-state index contributed by atoms with van der Waals surface area (Å²) < 4.78 is 2.06. The van der Waals surface area contributed by atoms with E-state index in [9.17, 15) is 14.4 Å². The fourth-order valence-corrected chi connectivity index (χ4v) is 3.06. The van der Waals surface area contributed by atoms with Gasteiger partial charge < -0.3 is 5.32 Å². The van der Waals surface area contributed by atoms with E-state index in [0.717, 1.165) is 20.4 Å². The van der Waals surface area contributed by atoms with Gasteiger partial charge in [-0.15, -0.1) is 0 Å². The predicted molar refractivity (Wildman–Crippen MR) is 112 cm³/mol. The third-order valence-electron chi connectivity index (χ3n) is 4.63. The standard InChI is InChI=1S/C21H21ClN4O3/c1-4-23-19(27)18-20(28)25(12-15-7-5-6-8-17(15)22)21(29)26(24-18)16-10-9-13(2)14(3)11-16/h5-11H,4,12H2,1-3H3,(H,23,27). The predicted octanol–water partition coefficient (Wildman–Crippen LogP) is 2.46. The zero-order valence-corrected chi connectivity index (χ0v) is 17.2. The normalized spacial score (nSPS) is 10.8. The van der Waals surface area contributed by atoms with E-state index in [1.807, 2.05) is 19.9 Å². The quantitative estimate of drug-likeness (QED) is 0.697. The molecule has 2 aromatic carbocycles. The highest BCUT2D eigenvalue weighted by atomic mass is 35.5. The molecule has 0 atom stereocenters. The number of hydrogen-bond donors (Lipinski definition) is 1. The number of benzene rings is 2. The van der Waals surface area contributed by atoms with Crippen molar-refractivity contribution in [2.45, 2.75) is 27.3 Å². The number of carbonyl (C=O) groups excluding carboxylic acids is 1. The first-order valence-corrected chi connectivity index (χ1v) is 9.54. The second-order valence-corrected chi connectivity index (χ2v) is 7.06. The summed E-state index contributed by atoms with van der Waals surface area (Å²) in [6.45, 7) is 5.85. The number of hydrogen-bond acceptors (Lipinski definition) is 4. The van der Waals surface area contributed by atoms with Crippen molar-refractivity contribution < 1.29 is 4.79 Å². The summed E-state index contributed by atoms with van der Waals surface area (Å²) in [6, 6.07) is 12.3. The zero-order chi connectivity index (χ0) is 21.1. The van der Waals surface area contributed by atoms with Gasteiger partial charge in [0.05, 0.1) is 12.2 Å². The van der Waals surface area contributed by atoms with Crippen molar-refractivity contribution in [2.24, 2.45) is 0 Å². The van der Waals surface area contributed by atoms with Crippen LogP contribution in [0.1, 0.15) is 34.1 Å². The summed E-state index contributed by atoms with van der Waals surface area (Å²) in [5.74, 6) is -0.636. The molecule has 29 heavy (non-hydrogen) atoms. The van der Waals surface area contributed by atoms with Crippen LogP contribution in [0.4, 0.5) is 0 Å². The Morgan fingerprint density at radius 1 is 1.10 bits per heavy atom. The Kier molecular flexibility index (Phi) is 5.98. The van der Waals surface area contributed by atoms with Crippen LogP contribution in [0.15, 0.2) is 52.1 Å². The molecular formula is C21H21ClN4O3. The summed E-state index contributed by atoms with van der Waals surface area (Å²) in [7, 11) is 0. The zero-order valence-electron chi connectivity index (χ0n) is 16.4. The van der Waals surface area contributed by atoms with Gasteiger partial charge in [-0.1, -0.05) is 35.9 Å². The second kappa shape index (κ2) is 8.45. The minimum absolute atomic E-state index is 0.0723. The topological polar surface area (TPSA) is 86.0 Å². The van der Waals surface area contributed by atoms with Gasteiger partial charge in [0, 0.05) is 11.6 Å². The number of nitrogens with one attached hydrogen (secondary N) is 1. The Hall–Kier alpha value is -3.19. The lowest BCUT2D eigenvalue weighted by Gasteiger charge is -2.13. The molecule has 7 nitrogen and oxygen atoms in total. The highest BCUT2D eigenvalue weighted by molar-refractivity contribution is 6.31. The number of nitrogens with zero attached hydrogens (tertiary/aromatic N) is 3. The molecule has 0 radical (unpaired) electrons. The van der Waals surface area contributed by atoms with E-state index in [1.54, 1.807) is 43.3 Å². The van der Waals surface area contributed by atoms with Crippen molar-refractivity contribution in [1.82, 2.24) is 19.7 Å². The second-order valence-electron chi connectivity index (χ2n) is 6.65. The average Bonchev–Trinajstić information content (AvgIpc) is 2.69. The van der Waals surface area contributed by atoms with Crippen molar-refractivity contribution in [2.75, 3.05) is 6.54 Å². The van der Waals surface area contributed by atoms with Crippen LogP contribution in [0.2, 0.25) is 5.02 Å². The van der Waals surface area contributed by atoms with Gasteiger partial charge in [-0.05, 0) is 55.7 Å². The molecule has 0 unspecified atom stereocenters. The van der Waals surface area contributed by atoms with Crippen LogP contribution in [0.3, 0.4) is 0 Å². The molecule has 8 heteroatoms. The number of halogens is 1. The van der Waals surface area contributed by atoms with Crippen LogP contribution < -0.4 is 16.6 Å². The summed E-state index contributed by atoms with van der Waals surface area (Å²) in [5.41, 5.74) is 1.31. The van der Waals surface area contributed by atoms with E-state index >= 15 is 0 Å². The minimum atomic E-state index is -0.763. The Balaban J connectivity index is 2.26. The van der Waals surface area contributed by atoms with Crippen LogP contribution in [0, 0.1) is 13.8 Å². The Labute approximate surface area is 172 Å². The lowest BCUT2D eigenvalue weighted by atomic mass is 10.1. The molecule has 0 bridgehead atoms. The van der Waals surface area contributed by atoms with E-state index in [1.165, 1.54) is 0 Å². The highest BCUT2D eigenvalue weighted by Crippen LogP contribution is 2.15. The highest BCUT2D eigenvalue weighted by Gasteiger charge is 2.20. The molecule has 0 fully saturated rings.